The van der Waals surface area contributed by atoms with E-state index in [0.29, 0.717) is 47.8 Å². The second kappa shape index (κ2) is 10.4. The number of aryl methyl sites for hydroxylation is 1. The summed E-state index contributed by atoms with van der Waals surface area (Å²) in [6.07, 6.45) is 1.15. The first-order valence-corrected chi connectivity index (χ1v) is 11.5. The molecule has 1 aromatic heterocycles. The van der Waals surface area contributed by atoms with Gasteiger partial charge >= 0.3 is 5.69 Å². The molecule has 0 radical (unpaired) electrons. The number of aromatic amines is 1. The fourth-order valence-corrected chi connectivity index (χ4v) is 4.00. The number of nitrogens with one attached hydrogen (secondary N) is 2. The number of carbonyl (C=O) groups excluding carboxylic acids is 2. The molecule has 0 bridgehead atoms. The van der Waals surface area contributed by atoms with Gasteiger partial charge in [0.1, 0.15) is 11.5 Å². The predicted molar refractivity (Wildman–Crippen MR) is 131 cm³/mol. The van der Waals surface area contributed by atoms with Crippen molar-refractivity contribution >= 4 is 11.8 Å². The van der Waals surface area contributed by atoms with Crippen molar-refractivity contribution in [1.82, 2.24) is 20.2 Å². The molecule has 2 amide bonds. The molecule has 0 saturated carbocycles. The molecule has 1 aliphatic rings. The van der Waals surface area contributed by atoms with Crippen LogP contribution in [0.1, 0.15) is 25.3 Å². The van der Waals surface area contributed by atoms with Crippen LogP contribution in [0.15, 0.2) is 53.3 Å². The van der Waals surface area contributed by atoms with Crippen molar-refractivity contribution in [2.75, 3.05) is 19.7 Å². The molecule has 1 atom stereocenters. The lowest BCUT2D eigenvalue weighted by Crippen LogP contribution is -2.39. The first kappa shape index (κ1) is 24.0. The zero-order valence-electron chi connectivity index (χ0n) is 19.7. The Hall–Kier alpha value is -4.14. The van der Waals surface area contributed by atoms with Crippen molar-refractivity contribution in [3.63, 3.8) is 0 Å². The number of ether oxygens (including phenoxy) is 1. The van der Waals surface area contributed by atoms with E-state index in [4.69, 9.17) is 4.74 Å². The highest BCUT2D eigenvalue weighted by Gasteiger charge is 2.27. The van der Waals surface area contributed by atoms with Gasteiger partial charge in [-0.15, -0.1) is 0 Å². The quantitative estimate of drug-likeness (QED) is 0.482. The summed E-state index contributed by atoms with van der Waals surface area (Å²) in [6.45, 7) is 4.51. The monoisotopic (exact) mass is 476 g/mol. The predicted octanol–water partition coefficient (Wildman–Crippen LogP) is 2.62. The maximum atomic E-state index is 12.6. The molecule has 0 spiro atoms. The molecular formula is C26H28N4O5. The van der Waals surface area contributed by atoms with Crippen LogP contribution in [0.25, 0.3) is 22.5 Å². The third-order valence-corrected chi connectivity index (χ3v) is 5.97. The van der Waals surface area contributed by atoms with E-state index in [0.717, 1.165) is 12.0 Å². The third-order valence-electron chi connectivity index (χ3n) is 5.97. The lowest BCUT2D eigenvalue weighted by molar-refractivity contribution is -0.132. The average Bonchev–Trinajstić information content (AvgIpc) is 3.32. The Bertz CT molecular complexity index is 1300. The first-order chi connectivity index (χ1) is 16.8. The van der Waals surface area contributed by atoms with E-state index in [1.54, 1.807) is 61.2 Å². The van der Waals surface area contributed by atoms with E-state index in [1.807, 2.05) is 6.07 Å². The molecule has 1 saturated heterocycles. The number of hydrogen-bond donors (Lipinski definition) is 3. The maximum absolute atomic E-state index is 12.6. The number of phenolic OH excluding ortho intramolecular Hbond substituents is 1. The number of aromatic nitrogens is 2. The summed E-state index contributed by atoms with van der Waals surface area (Å²) < 4.78 is 5.73. The molecule has 1 aliphatic heterocycles. The average molecular weight is 477 g/mol. The molecule has 4 rings (SSSR count). The van der Waals surface area contributed by atoms with Gasteiger partial charge < -0.3 is 25.0 Å². The highest BCUT2D eigenvalue weighted by atomic mass is 16.5. The van der Waals surface area contributed by atoms with Gasteiger partial charge in [-0.3, -0.25) is 9.59 Å². The summed E-state index contributed by atoms with van der Waals surface area (Å²) in [6, 6.07) is 13.9. The van der Waals surface area contributed by atoms with Gasteiger partial charge in [-0.1, -0.05) is 19.1 Å². The third kappa shape index (κ3) is 5.87. The molecule has 3 aromatic rings. The highest BCUT2D eigenvalue weighted by Crippen LogP contribution is 2.27. The van der Waals surface area contributed by atoms with Crippen molar-refractivity contribution in [1.29, 1.82) is 0 Å². The Kier molecular flexibility index (Phi) is 7.14. The standard InChI is InChI=1S/C26H28N4O5/c1-3-24(32)27-19-9-10-30(14-19)25(33)15-35-20-6-4-5-17(12-20)21-13-22(29-26(34)28-21)18-7-8-23(31)16(2)11-18/h4-8,11-13,19,31H,3,9-10,14-15H2,1-2H3,(H,27,32)(H,28,29,34). The van der Waals surface area contributed by atoms with Crippen LogP contribution in [0.2, 0.25) is 0 Å². The smallest absolute Gasteiger partial charge is 0.345 e. The second-order valence-electron chi connectivity index (χ2n) is 8.55. The molecule has 182 valence electrons. The number of H-pyrrole nitrogens is 1. The fraction of sp³-hybridized carbons (Fsp3) is 0.308. The molecule has 9 nitrogen and oxygen atoms in total. The number of carbonyl (C=O) groups is 2. The van der Waals surface area contributed by atoms with Gasteiger partial charge in [0.25, 0.3) is 5.91 Å². The Morgan fingerprint density at radius 3 is 2.80 bits per heavy atom. The molecule has 3 N–H and O–H groups in total. The molecular weight excluding hydrogens is 448 g/mol. The van der Waals surface area contributed by atoms with Gasteiger partial charge in [0, 0.05) is 31.1 Å². The van der Waals surface area contributed by atoms with E-state index in [2.05, 4.69) is 15.3 Å². The van der Waals surface area contributed by atoms with Crippen molar-refractivity contribution in [3.05, 3.63) is 64.6 Å². The highest BCUT2D eigenvalue weighted by molar-refractivity contribution is 5.79. The zero-order valence-corrected chi connectivity index (χ0v) is 19.7. The van der Waals surface area contributed by atoms with Gasteiger partial charge in [0.15, 0.2) is 6.61 Å². The van der Waals surface area contributed by atoms with Crippen LogP contribution >= 0.6 is 0 Å². The van der Waals surface area contributed by atoms with E-state index >= 15 is 0 Å². The number of likely N-dealkylation sites (tertiary alicyclic amines) is 1. The van der Waals surface area contributed by atoms with E-state index in [-0.39, 0.29) is 30.2 Å². The molecule has 1 fully saturated rings. The lowest BCUT2D eigenvalue weighted by Gasteiger charge is -2.17. The summed E-state index contributed by atoms with van der Waals surface area (Å²) in [7, 11) is 0. The minimum absolute atomic E-state index is 0.0191. The van der Waals surface area contributed by atoms with Gasteiger partial charge in [-0.2, -0.15) is 4.98 Å². The molecule has 9 heteroatoms. The summed E-state index contributed by atoms with van der Waals surface area (Å²) >= 11 is 0. The Labute approximate surface area is 202 Å². The van der Waals surface area contributed by atoms with Crippen LogP contribution in [0.3, 0.4) is 0 Å². The zero-order chi connectivity index (χ0) is 24.9. The number of aromatic hydroxyl groups is 1. The number of hydrogen-bond acceptors (Lipinski definition) is 6. The van der Waals surface area contributed by atoms with Gasteiger partial charge in [0.05, 0.1) is 11.4 Å². The van der Waals surface area contributed by atoms with Gasteiger partial charge in [-0.25, -0.2) is 4.79 Å². The van der Waals surface area contributed by atoms with Crippen molar-refractivity contribution in [3.8, 4) is 34.0 Å². The van der Waals surface area contributed by atoms with Crippen LogP contribution in [-0.2, 0) is 9.59 Å². The Balaban J connectivity index is 1.44. The summed E-state index contributed by atoms with van der Waals surface area (Å²) in [5.41, 5.74) is 2.64. The Morgan fingerprint density at radius 1 is 1.20 bits per heavy atom. The van der Waals surface area contributed by atoms with Crippen LogP contribution in [0.4, 0.5) is 0 Å². The molecule has 0 aliphatic carbocycles. The molecule has 1 unspecified atom stereocenters. The number of benzene rings is 2. The van der Waals surface area contributed by atoms with Crippen LogP contribution < -0.4 is 15.7 Å². The lowest BCUT2D eigenvalue weighted by atomic mass is 10.1. The molecule has 2 aromatic carbocycles. The van der Waals surface area contributed by atoms with Crippen LogP contribution in [0.5, 0.6) is 11.5 Å². The van der Waals surface area contributed by atoms with Gasteiger partial charge in [-0.05, 0) is 60.9 Å². The minimum atomic E-state index is -0.497. The molecule has 2 heterocycles. The maximum Gasteiger partial charge on any atom is 0.345 e. The van der Waals surface area contributed by atoms with E-state index in [1.165, 1.54) is 0 Å². The number of rotatable bonds is 7. The first-order valence-electron chi connectivity index (χ1n) is 11.5. The summed E-state index contributed by atoms with van der Waals surface area (Å²) in [5, 5.41) is 12.7. The van der Waals surface area contributed by atoms with Crippen molar-refractivity contribution in [2.24, 2.45) is 0 Å². The minimum Gasteiger partial charge on any atom is -0.508 e. The fourth-order valence-electron chi connectivity index (χ4n) is 4.00. The summed E-state index contributed by atoms with van der Waals surface area (Å²) in [5.74, 6) is 0.493. The topological polar surface area (TPSA) is 125 Å². The number of amides is 2. The number of phenols is 1. The number of nitrogens with zero attached hydrogens (tertiary/aromatic N) is 2. The second-order valence-corrected chi connectivity index (χ2v) is 8.55. The van der Waals surface area contributed by atoms with Crippen molar-refractivity contribution < 1.29 is 19.4 Å². The normalized spacial score (nSPS) is 15.1. The Morgan fingerprint density at radius 2 is 2.03 bits per heavy atom. The molecule has 35 heavy (non-hydrogen) atoms. The van der Waals surface area contributed by atoms with E-state index < -0.39 is 5.69 Å². The largest absolute Gasteiger partial charge is 0.508 e. The van der Waals surface area contributed by atoms with E-state index in [9.17, 15) is 19.5 Å². The van der Waals surface area contributed by atoms with Gasteiger partial charge in [0.2, 0.25) is 5.91 Å². The van der Waals surface area contributed by atoms with Crippen molar-refractivity contribution in [2.45, 2.75) is 32.7 Å². The summed E-state index contributed by atoms with van der Waals surface area (Å²) in [4.78, 5) is 44.9. The van der Waals surface area contributed by atoms with Crippen LogP contribution in [0, 0.1) is 6.92 Å². The SMILES string of the molecule is CCC(=O)NC1CCN(C(=O)COc2cccc(-c3cc(-c4ccc(O)c(C)c4)[nH]c(=O)n3)c2)C1. The van der Waals surface area contributed by atoms with Crippen LogP contribution in [-0.4, -0.2) is 57.5 Å².